The first kappa shape index (κ1) is 19.9. The maximum absolute atomic E-state index is 13.6. The normalized spacial score (nSPS) is 36.9. The van der Waals surface area contributed by atoms with Crippen molar-refractivity contribution in [1.82, 2.24) is 19.2 Å². The van der Waals surface area contributed by atoms with Crippen LogP contribution in [0.25, 0.3) is 0 Å². The number of piperidine rings is 1. The number of hydrogen-bond donors (Lipinski definition) is 1. The number of carbonyl (C=O) groups is 1. The molecular weight excluding hydrogens is 416 g/mol. The van der Waals surface area contributed by atoms with Crippen LogP contribution >= 0.6 is 0 Å². The Balaban J connectivity index is 1.29. The van der Waals surface area contributed by atoms with Crippen molar-refractivity contribution in [2.75, 3.05) is 19.3 Å². The predicted molar refractivity (Wildman–Crippen MR) is 113 cm³/mol. The fourth-order valence-corrected chi connectivity index (χ4v) is 7.98. The highest BCUT2D eigenvalue weighted by molar-refractivity contribution is 7.88. The van der Waals surface area contributed by atoms with Gasteiger partial charge in [0.05, 0.1) is 24.5 Å². The van der Waals surface area contributed by atoms with Gasteiger partial charge in [0, 0.05) is 24.6 Å². The fraction of sp³-hybridized carbons (Fsp3) is 0.773. The molecule has 0 radical (unpaired) electrons. The molecule has 1 amide bonds. The van der Waals surface area contributed by atoms with Crippen LogP contribution in [0.3, 0.4) is 0 Å². The standard InChI is InChI=1S/C22H30N4O4S/c1-31(29,30)25-9-7-14-15(11-25)23-20(24-21(14)27)16-4-2-3-8-26(16)22(28)19-17-12-5-6-13(10-12)18(17)19/h12-13,16-19H,2-11H2,1H3,(H,23,24,27)/t12-,13-,16+,17-,18+,19?/m0/s1. The predicted octanol–water partition coefficient (Wildman–Crippen LogP) is 1.43. The summed E-state index contributed by atoms with van der Waals surface area (Å²) >= 11 is 0. The molecule has 168 valence electrons. The molecule has 1 unspecified atom stereocenters. The zero-order valence-corrected chi connectivity index (χ0v) is 18.7. The fourth-order valence-electron chi connectivity index (χ4n) is 7.20. The van der Waals surface area contributed by atoms with Crippen molar-refractivity contribution in [1.29, 1.82) is 0 Å². The van der Waals surface area contributed by atoms with E-state index >= 15 is 0 Å². The largest absolute Gasteiger partial charge is 0.332 e. The molecule has 5 aliphatic rings. The van der Waals surface area contributed by atoms with Gasteiger partial charge in [-0.1, -0.05) is 0 Å². The van der Waals surface area contributed by atoms with Crippen LogP contribution in [-0.2, 0) is 27.8 Å². The van der Waals surface area contributed by atoms with Gasteiger partial charge < -0.3 is 9.88 Å². The van der Waals surface area contributed by atoms with E-state index in [1.54, 1.807) is 0 Å². The van der Waals surface area contributed by atoms with Crippen molar-refractivity contribution in [3.8, 4) is 0 Å². The Morgan fingerprint density at radius 1 is 1.10 bits per heavy atom. The average Bonchev–Trinajstić information content (AvgIpc) is 3.18. The van der Waals surface area contributed by atoms with Gasteiger partial charge in [-0.25, -0.2) is 13.4 Å². The van der Waals surface area contributed by atoms with Crippen molar-refractivity contribution in [2.45, 2.75) is 57.5 Å². The molecule has 1 saturated heterocycles. The summed E-state index contributed by atoms with van der Waals surface area (Å²) in [5, 5.41) is 0. The van der Waals surface area contributed by atoms with Crippen LogP contribution in [0.15, 0.2) is 4.79 Å². The van der Waals surface area contributed by atoms with Gasteiger partial charge in [0.2, 0.25) is 15.9 Å². The quantitative estimate of drug-likeness (QED) is 0.757. The van der Waals surface area contributed by atoms with Crippen LogP contribution in [-0.4, -0.2) is 52.8 Å². The van der Waals surface area contributed by atoms with Crippen LogP contribution in [0.5, 0.6) is 0 Å². The zero-order valence-electron chi connectivity index (χ0n) is 17.9. The number of aromatic amines is 1. The van der Waals surface area contributed by atoms with E-state index in [-0.39, 0.29) is 30.0 Å². The average molecular weight is 447 g/mol. The number of aromatic nitrogens is 2. The molecule has 8 nitrogen and oxygen atoms in total. The van der Waals surface area contributed by atoms with E-state index in [4.69, 9.17) is 4.98 Å². The van der Waals surface area contributed by atoms with Crippen LogP contribution in [0.4, 0.5) is 0 Å². The molecule has 3 aliphatic carbocycles. The second-order valence-electron chi connectivity index (χ2n) is 10.3. The Morgan fingerprint density at radius 3 is 2.55 bits per heavy atom. The second kappa shape index (κ2) is 6.88. The minimum Gasteiger partial charge on any atom is -0.332 e. The summed E-state index contributed by atoms with van der Waals surface area (Å²) in [4.78, 5) is 36.0. The van der Waals surface area contributed by atoms with E-state index in [1.165, 1.54) is 29.8 Å². The van der Waals surface area contributed by atoms with Gasteiger partial charge in [0.15, 0.2) is 0 Å². The molecule has 0 aromatic carbocycles. The Bertz CT molecular complexity index is 1080. The number of likely N-dealkylation sites (tertiary alicyclic amines) is 1. The Labute approximate surface area is 182 Å². The smallest absolute Gasteiger partial charge is 0.254 e. The number of amides is 1. The van der Waals surface area contributed by atoms with E-state index in [0.29, 0.717) is 48.4 Å². The topological polar surface area (TPSA) is 103 Å². The molecule has 1 N–H and O–H groups in total. The third-order valence-electron chi connectivity index (χ3n) is 8.65. The van der Waals surface area contributed by atoms with E-state index < -0.39 is 10.0 Å². The molecule has 6 rings (SSSR count). The summed E-state index contributed by atoms with van der Waals surface area (Å²) in [5.41, 5.74) is 0.924. The van der Waals surface area contributed by atoms with Crippen LogP contribution < -0.4 is 5.56 Å². The second-order valence-corrected chi connectivity index (χ2v) is 12.3. The summed E-state index contributed by atoms with van der Waals surface area (Å²) in [7, 11) is -3.34. The minimum absolute atomic E-state index is 0.127. The summed E-state index contributed by atoms with van der Waals surface area (Å²) in [5.74, 6) is 3.64. The minimum atomic E-state index is -3.34. The summed E-state index contributed by atoms with van der Waals surface area (Å²) in [6.07, 6.45) is 8.21. The molecule has 6 atom stereocenters. The monoisotopic (exact) mass is 446 g/mol. The molecule has 3 saturated carbocycles. The number of nitrogens with zero attached hydrogens (tertiary/aromatic N) is 3. The Hall–Kier alpha value is -1.74. The van der Waals surface area contributed by atoms with Crippen LogP contribution in [0.2, 0.25) is 0 Å². The van der Waals surface area contributed by atoms with Crippen LogP contribution in [0.1, 0.15) is 61.6 Å². The zero-order chi connectivity index (χ0) is 21.5. The number of rotatable bonds is 3. The maximum atomic E-state index is 13.6. The van der Waals surface area contributed by atoms with Crippen molar-refractivity contribution >= 4 is 15.9 Å². The lowest BCUT2D eigenvalue weighted by Crippen LogP contribution is -2.43. The molecule has 4 fully saturated rings. The number of fused-ring (bicyclic) bond motifs is 6. The van der Waals surface area contributed by atoms with Gasteiger partial charge >= 0.3 is 0 Å². The molecule has 1 aromatic rings. The van der Waals surface area contributed by atoms with E-state index in [1.807, 2.05) is 4.90 Å². The van der Waals surface area contributed by atoms with Crippen LogP contribution in [0, 0.1) is 29.6 Å². The van der Waals surface area contributed by atoms with Crippen molar-refractivity contribution in [2.24, 2.45) is 29.6 Å². The molecule has 1 aromatic heterocycles. The van der Waals surface area contributed by atoms with Gasteiger partial charge in [-0.15, -0.1) is 0 Å². The number of nitrogens with one attached hydrogen (secondary N) is 1. The highest BCUT2D eigenvalue weighted by Crippen LogP contribution is 2.69. The molecule has 9 heteroatoms. The lowest BCUT2D eigenvalue weighted by molar-refractivity contribution is -0.137. The number of H-pyrrole nitrogens is 1. The van der Waals surface area contributed by atoms with Crippen molar-refractivity contribution < 1.29 is 13.2 Å². The van der Waals surface area contributed by atoms with Gasteiger partial charge in [-0.3, -0.25) is 9.59 Å². The van der Waals surface area contributed by atoms with Gasteiger partial charge in [-0.2, -0.15) is 4.31 Å². The van der Waals surface area contributed by atoms with Crippen molar-refractivity contribution in [3.05, 3.63) is 27.4 Å². The summed E-state index contributed by atoms with van der Waals surface area (Å²) in [6, 6.07) is -0.216. The third-order valence-corrected chi connectivity index (χ3v) is 9.90. The molecule has 2 aliphatic heterocycles. The molecule has 31 heavy (non-hydrogen) atoms. The summed E-state index contributed by atoms with van der Waals surface area (Å²) in [6.45, 7) is 1.14. The molecule has 2 bridgehead atoms. The summed E-state index contributed by atoms with van der Waals surface area (Å²) < 4.78 is 25.4. The highest BCUT2D eigenvalue weighted by atomic mass is 32.2. The lowest BCUT2D eigenvalue weighted by atomic mass is 9.97. The number of carbonyl (C=O) groups excluding carboxylic acids is 1. The Kier molecular flexibility index (Phi) is 4.42. The highest BCUT2D eigenvalue weighted by Gasteiger charge is 2.68. The third kappa shape index (κ3) is 3.10. The molecule has 3 heterocycles. The lowest BCUT2D eigenvalue weighted by Gasteiger charge is -2.36. The van der Waals surface area contributed by atoms with E-state index in [9.17, 15) is 18.0 Å². The number of sulfonamides is 1. The van der Waals surface area contributed by atoms with E-state index in [2.05, 4.69) is 4.98 Å². The maximum Gasteiger partial charge on any atom is 0.254 e. The molecule has 0 spiro atoms. The first-order valence-corrected chi connectivity index (χ1v) is 13.6. The Morgan fingerprint density at radius 2 is 1.84 bits per heavy atom. The van der Waals surface area contributed by atoms with Gasteiger partial charge in [0.1, 0.15) is 5.82 Å². The van der Waals surface area contributed by atoms with Crippen molar-refractivity contribution in [3.63, 3.8) is 0 Å². The first-order chi connectivity index (χ1) is 14.8. The first-order valence-electron chi connectivity index (χ1n) is 11.7. The number of hydrogen-bond acceptors (Lipinski definition) is 5. The van der Waals surface area contributed by atoms with Gasteiger partial charge in [0.25, 0.3) is 5.56 Å². The van der Waals surface area contributed by atoms with Gasteiger partial charge in [-0.05, 0) is 68.6 Å². The van der Waals surface area contributed by atoms with E-state index in [0.717, 1.165) is 31.1 Å². The molecular formula is C22H30N4O4S. The SMILES string of the molecule is CS(=O)(=O)N1CCc2c(nc([C@H]3CCCCN3C(=O)C3[C@@H]4[C@H]5CC[C@@H](C5)[C@H]34)[nH]c2=O)C1.